The molecule has 146 valence electrons. The van der Waals surface area contributed by atoms with Gasteiger partial charge in [0.25, 0.3) is 0 Å². The Hall–Kier alpha value is -2.67. The summed E-state index contributed by atoms with van der Waals surface area (Å²) in [6.07, 6.45) is 1.69. The number of nitrogens with zero attached hydrogens (tertiary/aromatic N) is 3. The van der Waals surface area contributed by atoms with Crippen LogP contribution >= 0.6 is 0 Å². The van der Waals surface area contributed by atoms with E-state index < -0.39 is 0 Å². The zero-order valence-electron chi connectivity index (χ0n) is 16.3. The van der Waals surface area contributed by atoms with Gasteiger partial charge in [-0.2, -0.15) is 0 Å². The summed E-state index contributed by atoms with van der Waals surface area (Å²) in [4.78, 5) is 9.11. The molecule has 3 rings (SSSR count). The molecule has 0 saturated carbocycles. The van der Waals surface area contributed by atoms with Gasteiger partial charge in [-0.15, -0.1) is 0 Å². The number of guanidine groups is 1. The third kappa shape index (κ3) is 4.95. The van der Waals surface area contributed by atoms with Gasteiger partial charge in [0.2, 0.25) is 0 Å². The number of ether oxygens (including phenoxy) is 2. The molecule has 0 amide bonds. The smallest absolute Gasteiger partial charge is 0.194 e. The van der Waals surface area contributed by atoms with E-state index in [1.807, 2.05) is 31.3 Å². The Morgan fingerprint density at radius 1 is 1.15 bits per heavy atom. The van der Waals surface area contributed by atoms with E-state index in [0.717, 1.165) is 61.5 Å². The number of aliphatic imine (C=N–C) groups is 1. The molecule has 1 aromatic carbocycles. The van der Waals surface area contributed by atoms with Crippen LogP contribution in [0.1, 0.15) is 11.3 Å². The molecule has 1 N–H and O–H groups in total. The van der Waals surface area contributed by atoms with Crippen LogP contribution in [0.3, 0.4) is 0 Å². The minimum atomic E-state index is 0.640. The Bertz CT molecular complexity index is 738. The number of furan rings is 1. The second-order valence-electron chi connectivity index (χ2n) is 6.42. The fourth-order valence-electron chi connectivity index (χ4n) is 3.28. The average Bonchev–Trinajstić information content (AvgIpc) is 3.23. The van der Waals surface area contributed by atoms with Crippen LogP contribution in [0, 0.1) is 0 Å². The molecular weight excluding hydrogens is 344 g/mol. The molecule has 7 nitrogen and oxygen atoms in total. The number of benzene rings is 1. The highest BCUT2D eigenvalue weighted by Gasteiger charge is 2.21. The summed E-state index contributed by atoms with van der Waals surface area (Å²) in [5.41, 5.74) is 1.14. The zero-order chi connectivity index (χ0) is 19.1. The van der Waals surface area contributed by atoms with Crippen molar-refractivity contribution in [1.82, 2.24) is 15.1 Å². The third-order valence-electron chi connectivity index (χ3n) is 4.77. The normalized spacial score (nSPS) is 15.7. The standard InChI is InChI=1S/C20H28N4O3/c1-21-20(22-14-18-5-4-12-27-18)24-10-8-23(9-11-24)15-16-13-17(25-2)6-7-19(16)26-3/h4-7,12-13H,8-11,14-15H2,1-3H3,(H,21,22). The van der Waals surface area contributed by atoms with Crippen LogP contribution in [0.4, 0.5) is 0 Å². The maximum absolute atomic E-state index is 5.50. The number of hydrogen-bond donors (Lipinski definition) is 1. The zero-order valence-corrected chi connectivity index (χ0v) is 16.3. The molecule has 1 aromatic heterocycles. The summed E-state index contributed by atoms with van der Waals surface area (Å²) in [6, 6.07) is 9.79. The minimum absolute atomic E-state index is 0.640. The van der Waals surface area contributed by atoms with Crippen LogP contribution in [-0.2, 0) is 13.1 Å². The summed E-state index contributed by atoms with van der Waals surface area (Å²) >= 11 is 0. The highest BCUT2D eigenvalue weighted by Crippen LogP contribution is 2.25. The van der Waals surface area contributed by atoms with Gasteiger partial charge in [0.05, 0.1) is 27.0 Å². The number of rotatable bonds is 6. The van der Waals surface area contributed by atoms with Gasteiger partial charge in [-0.25, -0.2) is 0 Å². The minimum Gasteiger partial charge on any atom is -0.497 e. The van der Waals surface area contributed by atoms with Crippen molar-refractivity contribution in [3.63, 3.8) is 0 Å². The SMILES string of the molecule is CN=C(NCc1ccco1)N1CCN(Cc2cc(OC)ccc2OC)CC1. The Morgan fingerprint density at radius 2 is 1.96 bits per heavy atom. The van der Waals surface area contributed by atoms with Crippen LogP contribution in [0.15, 0.2) is 46.0 Å². The van der Waals surface area contributed by atoms with E-state index in [9.17, 15) is 0 Å². The molecule has 2 heterocycles. The quantitative estimate of drug-likeness (QED) is 0.620. The largest absolute Gasteiger partial charge is 0.497 e. The van der Waals surface area contributed by atoms with Crippen molar-refractivity contribution >= 4 is 5.96 Å². The van der Waals surface area contributed by atoms with E-state index in [1.165, 1.54) is 0 Å². The first kappa shape index (κ1) is 19.1. The Kier molecular flexibility index (Phi) is 6.59. The molecule has 2 aromatic rings. The van der Waals surface area contributed by atoms with Crippen molar-refractivity contribution in [3.8, 4) is 11.5 Å². The number of nitrogens with one attached hydrogen (secondary N) is 1. The molecular formula is C20H28N4O3. The molecule has 0 atom stereocenters. The van der Waals surface area contributed by atoms with Gasteiger partial charge >= 0.3 is 0 Å². The first-order valence-corrected chi connectivity index (χ1v) is 9.14. The van der Waals surface area contributed by atoms with Gasteiger partial charge in [-0.1, -0.05) is 0 Å². The molecule has 0 spiro atoms. The van der Waals surface area contributed by atoms with Gasteiger partial charge in [0.1, 0.15) is 17.3 Å². The average molecular weight is 372 g/mol. The van der Waals surface area contributed by atoms with Gasteiger partial charge < -0.3 is 24.1 Å². The van der Waals surface area contributed by atoms with Crippen molar-refractivity contribution in [2.75, 3.05) is 47.4 Å². The van der Waals surface area contributed by atoms with Gasteiger partial charge in [-0.3, -0.25) is 9.89 Å². The van der Waals surface area contributed by atoms with E-state index in [2.05, 4.69) is 26.2 Å². The second-order valence-corrected chi connectivity index (χ2v) is 6.42. The summed E-state index contributed by atoms with van der Waals surface area (Å²) in [5, 5.41) is 3.37. The van der Waals surface area contributed by atoms with Gasteiger partial charge in [-0.05, 0) is 30.3 Å². The van der Waals surface area contributed by atoms with Crippen LogP contribution in [-0.4, -0.2) is 63.2 Å². The number of piperazine rings is 1. The fourth-order valence-corrected chi connectivity index (χ4v) is 3.28. The lowest BCUT2D eigenvalue weighted by Gasteiger charge is -2.36. The maximum Gasteiger partial charge on any atom is 0.194 e. The maximum atomic E-state index is 5.50. The lowest BCUT2D eigenvalue weighted by Crippen LogP contribution is -2.52. The summed E-state index contributed by atoms with van der Waals surface area (Å²) < 4.78 is 16.2. The molecule has 7 heteroatoms. The highest BCUT2D eigenvalue weighted by atomic mass is 16.5. The van der Waals surface area contributed by atoms with Crippen LogP contribution in [0.5, 0.6) is 11.5 Å². The lowest BCUT2D eigenvalue weighted by molar-refractivity contribution is 0.170. The monoisotopic (exact) mass is 372 g/mol. The molecule has 1 aliphatic rings. The summed E-state index contributed by atoms with van der Waals surface area (Å²) in [5.74, 6) is 3.56. The molecule has 1 saturated heterocycles. The second kappa shape index (κ2) is 9.32. The van der Waals surface area contributed by atoms with Crippen LogP contribution in [0.2, 0.25) is 0 Å². The van der Waals surface area contributed by atoms with E-state index in [4.69, 9.17) is 13.9 Å². The molecule has 27 heavy (non-hydrogen) atoms. The molecule has 0 bridgehead atoms. The molecule has 1 fully saturated rings. The molecule has 0 aliphatic carbocycles. The topological polar surface area (TPSA) is 62.5 Å². The summed E-state index contributed by atoms with van der Waals surface area (Å²) in [6.45, 7) is 5.24. The Balaban J connectivity index is 1.54. The van der Waals surface area contributed by atoms with Crippen LogP contribution in [0.25, 0.3) is 0 Å². The van der Waals surface area contributed by atoms with Gasteiger partial charge in [0.15, 0.2) is 5.96 Å². The third-order valence-corrected chi connectivity index (χ3v) is 4.77. The van der Waals surface area contributed by atoms with E-state index in [1.54, 1.807) is 20.5 Å². The predicted molar refractivity (Wildman–Crippen MR) is 105 cm³/mol. The fraction of sp³-hybridized carbons (Fsp3) is 0.450. The van der Waals surface area contributed by atoms with Crippen LogP contribution < -0.4 is 14.8 Å². The molecule has 0 unspecified atom stereocenters. The van der Waals surface area contributed by atoms with Crippen molar-refractivity contribution < 1.29 is 13.9 Å². The molecule has 1 aliphatic heterocycles. The Labute approximate surface area is 160 Å². The van der Waals surface area contributed by atoms with Crippen molar-refractivity contribution in [3.05, 3.63) is 47.9 Å². The Morgan fingerprint density at radius 3 is 2.59 bits per heavy atom. The van der Waals surface area contributed by atoms with E-state index in [0.29, 0.717) is 6.54 Å². The first-order chi connectivity index (χ1) is 13.2. The number of methoxy groups -OCH3 is 2. The van der Waals surface area contributed by atoms with Gasteiger partial charge in [0, 0.05) is 45.3 Å². The van der Waals surface area contributed by atoms with E-state index in [-0.39, 0.29) is 0 Å². The van der Waals surface area contributed by atoms with E-state index >= 15 is 0 Å². The molecule has 0 radical (unpaired) electrons. The highest BCUT2D eigenvalue weighted by molar-refractivity contribution is 5.79. The number of hydrogen-bond acceptors (Lipinski definition) is 5. The van der Waals surface area contributed by atoms with Crippen molar-refractivity contribution in [2.45, 2.75) is 13.1 Å². The first-order valence-electron chi connectivity index (χ1n) is 9.14. The summed E-state index contributed by atoms with van der Waals surface area (Å²) in [7, 11) is 5.21. The lowest BCUT2D eigenvalue weighted by atomic mass is 10.1. The van der Waals surface area contributed by atoms with Crippen molar-refractivity contribution in [2.24, 2.45) is 4.99 Å². The predicted octanol–water partition coefficient (Wildman–Crippen LogP) is 2.19. The van der Waals surface area contributed by atoms with Crippen molar-refractivity contribution in [1.29, 1.82) is 0 Å².